The van der Waals surface area contributed by atoms with Crippen LogP contribution in [0.5, 0.6) is 0 Å². The molecule has 1 aromatic heterocycles. The van der Waals surface area contributed by atoms with Crippen LogP contribution in [0, 0.1) is 5.82 Å². The van der Waals surface area contributed by atoms with E-state index in [1.165, 1.54) is 6.07 Å². The smallest absolute Gasteiger partial charge is 0.304 e. The summed E-state index contributed by atoms with van der Waals surface area (Å²) in [6.45, 7) is 0.376. The molecule has 2 aromatic carbocycles. The largest absolute Gasteiger partial charge is 0.481 e. The Bertz CT molecular complexity index is 1330. The van der Waals surface area contributed by atoms with Gasteiger partial charge < -0.3 is 9.67 Å². The molecule has 4 rings (SSSR count). The summed E-state index contributed by atoms with van der Waals surface area (Å²) in [5.74, 6) is -2.29. The Morgan fingerprint density at radius 3 is 2.72 bits per heavy atom. The second-order valence-electron chi connectivity index (χ2n) is 7.20. The molecule has 0 spiro atoms. The first kappa shape index (κ1) is 16.4. The highest BCUT2D eigenvalue weighted by molar-refractivity contribution is 7.91. The molecule has 0 bridgehead atoms. The lowest BCUT2D eigenvalue weighted by Crippen LogP contribution is -2.06. The van der Waals surface area contributed by atoms with E-state index in [1.807, 2.05) is 0 Å². The Morgan fingerprint density at radius 2 is 2.07 bits per heavy atom. The predicted molar refractivity (Wildman–Crippen MR) is 109 cm³/mol. The van der Waals surface area contributed by atoms with Crippen molar-refractivity contribution in [3.8, 4) is 0 Å². The molecule has 2 heterocycles. The number of rotatable bonds is 5. The van der Waals surface area contributed by atoms with Gasteiger partial charge in [-0.1, -0.05) is 23.7 Å². The Kier molecular flexibility index (Phi) is 4.05. The van der Waals surface area contributed by atoms with Crippen LogP contribution in [0.4, 0.5) is 4.39 Å². The van der Waals surface area contributed by atoms with Gasteiger partial charge in [0.05, 0.1) is 16.8 Å². The fourth-order valence-electron chi connectivity index (χ4n) is 4.24. The van der Waals surface area contributed by atoms with Crippen LogP contribution in [0.2, 0.25) is 5.02 Å². The highest BCUT2D eigenvalue weighted by atomic mass is 35.5. The number of aromatic nitrogens is 1. The zero-order valence-electron chi connectivity index (χ0n) is 18.2. The number of fused-ring (bicyclic) bond motifs is 3. The highest BCUT2D eigenvalue weighted by Gasteiger charge is 2.33. The third-order valence-electron chi connectivity index (χ3n) is 5.33. The molecular formula is C21H19ClFNO4S. The predicted octanol–water partition coefficient (Wildman–Crippen LogP) is 4.39. The molecule has 8 heteroatoms. The first-order valence-corrected chi connectivity index (χ1v) is 10.8. The average Bonchev–Trinajstić information content (AvgIpc) is 3.21. The molecular weight excluding hydrogens is 417 g/mol. The Labute approximate surface area is 176 Å². The summed E-state index contributed by atoms with van der Waals surface area (Å²) >= 11 is 5.96. The normalized spacial score (nSPS) is 18.3. The van der Waals surface area contributed by atoms with Crippen molar-refractivity contribution in [2.24, 2.45) is 0 Å². The maximum Gasteiger partial charge on any atom is 0.304 e. The lowest BCUT2D eigenvalue weighted by atomic mass is 9.93. The lowest BCUT2D eigenvalue weighted by Gasteiger charge is -2.12. The van der Waals surface area contributed by atoms with Gasteiger partial charge in [0.25, 0.3) is 0 Å². The van der Waals surface area contributed by atoms with Crippen LogP contribution >= 0.6 is 11.6 Å². The van der Waals surface area contributed by atoms with Crippen LogP contribution in [-0.2, 0) is 27.6 Å². The lowest BCUT2D eigenvalue weighted by molar-refractivity contribution is -0.137. The van der Waals surface area contributed by atoms with Gasteiger partial charge in [-0.25, -0.2) is 12.8 Å². The van der Waals surface area contributed by atoms with Crippen LogP contribution in [0.15, 0.2) is 41.3 Å². The molecule has 1 atom stereocenters. The molecule has 0 unspecified atom stereocenters. The second kappa shape index (κ2) is 7.15. The van der Waals surface area contributed by atoms with E-state index >= 15 is 0 Å². The number of halogens is 2. The minimum Gasteiger partial charge on any atom is -0.481 e. The quantitative estimate of drug-likeness (QED) is 0.641. The Balaban J connectivity index is 2.05. The minimum atomic E-state index is -4.87. The third kappa shape index (κ3) is 3.65. The van der Waals surface area contributed by atoms with Crippen molar-refractivity contribution in [1.82, 2.24) is 4.57 Å². The monoisotopic (exact) mass is 438 g/mol. The zero-order chi connectivity index (χ0) is 23.4. The summed E-state index contributed by atoms with van der Waals surface area (Å²) in [4.78, 5) is 10.8. The van der Waals surface area contributed by atoms with Crippen molar-refractivity contribution in [1.29, 1.82) is 0 Å². The number of nitrogens with zero attached hydrogens (tertiary/aromatic N) is 1. The molecule has 0 radical (unpaired) electrons. The maximum absolute atomic E-state index is 14.5. The van der Waals surface area contributed by atoms with Gasteiger partial charge in [-0.2, -0.15) is 0 Å². The van der Waals surface area contributed by atoms with Crippen molar-refractivity contribution >= 4 is 38.3 Å². The average molecular weight is 439 g/mol. The number of sulfone groups is 1. The van der Waals surface area contributed by atoms with Crippen LogP contribution in [-0.4, -0.2) is 30.2 Å². The number of carboxylic acid groups (broad SMARTS) is 1. The summed E-state index contributed by atoms with van der Waals surface area (Å²) < 4.78 is 64.6. The number of aryl methyl sites for hydroxylation is 1. The molecule has 1 aliphatic heterocycles. The van der Waals surface area contributed by atoms with Gasteiger partial charge >= 0.3 is 5.97 Å². The Hall–Kier alpha value is -2.38. The van der Waals surface area contributed by atoms with Crippen LogP contribution in [0.3, 0.4) is 0 Å². The zero-order valence-corrected chi connectivity index (χ0v) is 16.7. The maximum atomic E-state index is 14.5. The van der Waals surface area contributed by atoms with Gasteiger partial charge in [-0.15, -0.1) is 0 Å². The fraction of sp³-hybridized carbons (Fsp3) is 0.286. The number of carbonyl (C=O) groups is 1. The fourth-order valence-corrected chi connectivity index (χ4v) is 5.13. The minimum absolute atomic E-state index is 0.127. The number of aliphatic carboxylic acids is 1. The molecule has 3 aromatic rings. The van der Waals surface area contributed by atoms with E-state index in [9.17, 15) is 22.7 Å². The topological polar surface area (TPSA) is 76.4 Å². The van der Waals surface area contributed by atoms with Crippen LogP contribution < -0.4 is 0 Å². The van der Waals surface area contributed by atoms with Gasteiger partial charge in [0.1, 0.15) is 5.82 Å². The summed E-state index contributed by atoms with van der Waals surface area (Å²) in [5, 5.41) is 10.0. The van der Waals surface area contributed by atoms with E-state index in [1.54, 1.807) is 28.8 Å². The number of benzene rings is 2. The summed E-state index contributed by atoms with van der Waals surface area (Å²) in [5.41, 5.74) is 2.12. The second-order valence-corrected chi connectivity index (χ2v) is 9.09. The molecule has 152 valence electrons. The van der Waals surface area contributed by atoms with Crippen molar-refractivity contribution in [3.63, 3.8) is 0 Å². The van der Waals surface area contributed by atoms with Gasteiger partial charge in [0.2, 0.25) is 0 Å². The van der Waals surface area contributed by atoms with Crippen molar-refractivity contribution in [2.75, 3.05) is 6.18 Å². The SMILES string of the molecule is [2H]C([2H])([2H])S(=O)(=O)c1cc(F)cc2c1c(Cc1ccc(Cl)cc1)c1n2CC[C@@H]1CC(=O)O. The molecule has 0 aliphatic carbocycles. The van der Waals surface area contributed by atoms with E-state index in [2.05, 4.69) is 0 Å². The van der Waals surface area contributed by atoms with Crippen molar-refractivity contribution in [2.45, 2.75) is 36.6 Å². The van der Waals surface area contributed by atoms with Crippen molar-refractivity contribution in [3.05, 3.63) is 64.1 Å². The molecule has 1 aliphatic rings. The van der Waals surface area contributed by atoms with E-state index in [0.717, 1.165) is 11.6 Å². The Morgan fingerprint density at radius 1 is 1.34 bits per heavy atom. The third-order valence-corrected chi connectivity index (χ3v) is 6.48. The van der Waals surface area contributed by atoms with Gasteiger partial charge in [0, 0.05) is 38.9 Å². The van der Waals surface area contributed by atoms with Crippen LogP contribution in [0.25, 0.3) is 10.9 Å². The summed E-state index contributed by atoms with van der Waals surface area (Å²) in [6.07, 6.45) is -2.84. The van der Waals surface area contributed by atoms with E-state index in [4.69, 9.17) is 15.7 Å². The van der Waals surface area contributed by atoms with Crippen molar-refractivity contribution < 1.29 is 26.8 Å². The molecule has 1 N–H and O–H groups in total. The summed E-state index contributed by atoms with van der Waals surface area (Å²) in [7, 11) is -4.87. The molecule has 0 fully saturated rings. The van der Waals surface area contributed by atoms with Gasteiger partial charge in [-0.05, 0) is 48.2 Å². The van der Waals surface area contributed by atoms with E-state index in [-0.39, 0.29) is 23.7 Å². The van der Waals surface area contributed by atoms with Gasteiger partial charge in [0.15, 0.2) is 9.84 Å². The number of hydrogen-bond acceptors (Lipinski definition) is 3. The molecule has 29 heavy (non-hydrogen) atoms. The number of hydrogen-bond donors (Lipinski definition) is 1. The number of carboxylic acids is 1. The summed E-state index contributed by atoms with van der Waals surface area (Å²) in [6, 6.07) is 8.75. The molecule has 0 saturated heterocycles. The van der Waals surface area contributed by atoms with Gasteiger partial charge in [-0.3, -0.25) is 4.79 Å². The molecule has 5 nitrogen and oxygen atoms in total. The standard InChI is InChI=1S/C21H19ClFNO4S/c1-29(27,28)18-11-15(23)10-17-20(18)16(8-12-2-4-14(22)5-3-12)21-13(9-19(25)26)6-7-24(17)21/h2-5,10-11,13H,6-9H2,1H3,(H,25,26)/t13-/m1/s1/i1D3. The van der Waals surface area contributed by atoms with E-state index < -0.39 is 38.6 Å². The first-order valence-electron chi connectivity index (χ1n) is 10.5. The van der Waals surface area contributed by atoms with E-state index in [0.29, 0.717) is 29.2 Å². The molecule has 0 saturated carbocycles. The molecule has 0 amide bonds. The highest BCUT2D eigenvalue weighted by Crippen LogP contribution is 2.43. The first-order chi connectivity index (χ1) is 14.9. The van der Waals surface area contributed by atoms with Crippen LogP contribution in [0.1, 0.15) is 39.7 Å².